The molecule has 0 radical (unpaired) electrons. The van der Waals surface area contributed by atoms with Gasteiger partial charge in [0.05, 0.1) is 19.9 Å². The minimum atomic E-state index is -0.312. The highest BCUT2D eigenvalue weighted by atomic mass is 19.1. The first-order chi connectivity index (χ1) is 16.5. The van der Waals surface area contributed by atoms with E-state index in [1.54, 1.807) is 72.8 Å². The molecule has 4 rings (SSSR count). The lowest BCUT2D eigenvalue weighted by atomic mass is 10.1. The van der Waals surface area contributed by atoms with Crippen LogP contribution >= 0.6 is 0 Å². The SMILES string of the molecule is COc1ccc(/C=C(\C(=O)N2CCN(c3ccccc3F)CC2)n2ccccc2=O)cc1OC. The zero-order valence-electron chi connectivity index (χ0n) is 19.1. The Hall–Kier alpha value is -4.07. The molecule has 34 heavy (non-hydrogen) atoms. The third-order valence-corrected chi connectivity index (χ3v) is 5.77. The lowest BCUT2D eigenvalue weighted by Gasteiger charge is -2.36. The Labute approximate surface area is 197 Å². The highest BCUT2D eigenvalue weighted by Crippen LogP contribution is 2.29. The topological polar surface area (TPSA) is 64.0 Å². The number of rotatable bonds is 6. The molecular formula is C26H26FN3O4. The summed E-state index contributed by atoms with van der Waals surface area (Å²) < 4.78 is 26.2. The van der Waals surface area contributed by atoms with Crippen molar-refractivity contribution in [3.8, 4) is 11.5 Å². The maximum atomic E-state index is 14.2. The first kappa shape index (κ1) is 23.1. The Morgan fingerprint density at radius 1 is 0.912 bits per heavy atom. The molecule has 0 atom stereocenters. The van der Waals surface area contributed by atoms with Gasteiger partial charge in [0.15, 0.2) is 11.5 Å². The van der Waals surface area contributed by atoms with Crippen LogP contribution in [0.15, 0.2) is 71.7 Å². The molecule has 0 bridgehead atoms. The second-order valence-electron chi connectivity index (χ2n) is 7.78. The van der Waals surface area contributed by atoms with Crippen molar-refractivity contribution < 1.29 is 18.7 Å². The number of carbonyl (C=O) groups excluding carboxylic acids is 1. The number of benzene rings is 2. The standard InChI is InChI=1S/C26H26FN3O4/c1-33-23-11-10-19(18-24(23)34-2)17-22(30-12-6-5-9-25(30)31)26(32)29-15-13-28(14-16-29)21-8-4-3-7-20(21)27/h3-12,17-18H,13-16H2,1-2H3/b22-17+. The van der Waals surface area contributed by atoms with Gasteiger partial charge in [-0.2, -0.15) is 0 Å². The maximum Gasteiger partial charge on any atom is 0.271 e. The predicted molar refractivity (Wildman–Crippen MR) is 130 cm³/mol. The van der Waals surface area contributed by atoms with E-state index in [0.29, 0.717) is 48.9 Å². The lowest BCUT2D eigenvalue weighted by molar-refractivity contribution is -0.125. The molecule has 0 aliphatic carbocycles. The van der Waals surface area contributed by atoms with E-state index in [2.05, 4.69) is 0 Å². The number of nitrogens with zero attached hydrogens (tertiary/aromatic N) is 3. The molecule has 7 nitrogen and oxygen atoms in total. The van der Waals surface area contributed by atoms with E-state index in [4.69, 9.17) is 9.47 Å². The zero-order chi connectivity index (χ0) is 24.1. The molecule has 0 N–H and O–H groups in total. The number of anilines is 1. The number of pyridine rings is 1. The number of para-hydroxylation sites is 1. The van der Waals surface area contributed by atoms with Crippen LogP contribution in [0.5, 0.6) is 11.5 Å². The van der Waals surface area contributed by atoms with Gasteiger partial charge in [-0.1, -0.05) is 24.3 Å². The summed E-state index contributed by atoms with van der Waals surface area (Å²) in [5.74, 6) is 0.513. The number of hydrogen-bond acceptors (Lipinski definition) is 5. The third-order valence-electron chi connectivity index (χ3n) is 5.77. The quantitative estimate of drug-likeness (QED) is 0.525. The normalized spacial score (nSPS) is 14.1. The summed E-state index contributed by atoms with van der Waals surface area (Å²) in [5.41, 5.74) is 1.11. The Bertz CT molecular complexity index is 1260. The van der Waals surface area contributed by atoms with Crippen LogP contribution in [0.1, 0.15) is 5.56 Å². The van der Waals surface area contributed by atoms with E-state index in [0.717, 1.165) is 0 Å². The highest BCUT2D eigenvalue weighted by Gasteiger charge is 2.26. The first-order valence-corrected chi connectivity index (χ1v) is 10.9. The Kier molecular flexibility index (Phi) is 6.96. The number of ether oxygens (including phenoxy) is 2. The van der Waals surface area contributed by atoms with Gasteiger partial charge in [-0.25, -0.2) is 4.39 Å². The molecular weight excluding hydrogens is 437 g/mol. The van der Waals surface area contributed by atoms with Crippen molar-refractivity contribution in [2.75, 3.05) is 45.3 Å². The van der Waals surface area contributed by atoms with Crippen molar-refractivity contribution in [2.24, 2.45) is 0 Å². The fourth-order valence-corrected chi connectivity index (χ4v) is 3.98. The van der Waals surface area contributed by atoms with Gasteiger partial charge in [-0.15, -0.1) is 0 Å². The van der Waals surface area contributed by atoms with Crippen molar-refractivity contribution in [2.45, 2.75) is 0 Å². The molecule has 3 aromatic rings. The van der Waals surface area contributed by atoms with Crippen molar-refractivity contribution in [3.63, 3.8) is 0 Å². The lowest BCUT2D eigenvalue weighted by Crippen LogP contribution is -2.49. The molecule has 0 saturated carbocycles. The van der Waals surface area contributed by atoms with Gasteiger partial charge in [0.25, 0.3) is 11.5 Å². The number of carbonyl (C=O) groups is 1. The second kappa shape index (κ2) is 10.2. The van der Waals surface area contributed by atoms with Crippen molar-refractivity contribution in [1.29, 1.82) is 0 Å². The summed E-state index contributed by atoms with van der Waals surface area (Å²) >= 11 is 0. The molecule has 0 unspecified atom stereocenters. The van der Waals surface area contributed by atoms with Gasteiger partial charge in [-0.3, -0.25) is 14.2 Å². The van der Waals surface area contributed by atoms with E-state index >= 15 is 0 Å². The number of aromatic nitrogens is 1. The number of piperazine rings is 1. The zero-order valence-corrected chi connectivity index (χ0v) is 19.1. The van der Waals surface area contributed by atoms with E-state index in [1.807, 2.05) is 4.90 Å². The molecule has 8 heteroatoms. The molecule has 1 fully saturated rings. The summed E-state index contributed by atoms with van der Waals surface area (Å²) in [6.07, 6.45) is 3.23. The van der Waals surface area contributed by atoms with Gasteiger partial charge < -0.3 is 19.3 Å². The number of methoxy groups -OCH3 is 2. The van der Waals surface area contributed by atoms with Crippen molar-refractivity contribution >= 4 is 23.4 Å². The van der Waals surface area contributed by atoms with Gasteiger partial charge in [-0.05, 0) is 42.0 Å². The van der Waals surface area contributed by atoms with Crippen LogP contribution in [0.2, 0.25) is 0 Å². The molecule has 1 aromatic heterocycles. The maximum absolute atomic E-state index is 14.2. The van der Waals surface area contributed by atoms with E-state index in [1.165, 1.54) is 23.8 Å². The van der Waals surface area contributed by atoms with Crippen LogP contribution < -0.4 is 19.9 Å². The molecule has 176 valence electrons. The van der Waals surface area contributed by atoms with Crippen LogP contribution in [0, 0.1) is 5.82 Å². The fourth-order valence-electron chi connectivity index (χ4n) is 3.98. The smallest absolute Gasteiger partial charge is 0.271 e. The molecule has 0 spiro atoms. The molecule has 2 aromatic carbocycles. The van der Waals surface area contributed by atoms with Crippen LogP contribution in [0.4, 0.5) is 10.1 Å². The number of amides is 1. The van der Waals surface area contributed by atoms with Gasteiger partial charge in [0.1, 0.15) is 11.5 Å². The van der Waals surface area contributed by atoms with Crippen LogP contribution in [-0.2, 0) is 4.79 Å². The highest BCUT2D eigenvalue weighted by molar-refractivity contribution is 6.18. The van der Waals surface area contributed by atoms with E-state index < -0.39 is 0 Å². The van der Waals surface area contributed by atoms with Gasteiger partial charge >= 0.3 is 0 Å². The number of halogens is 1. The average molecular weight is 464 g/mol. The minimum Gasteiger partial charge on any atom is -0.493 e. The monoisotopic (exact) mass is 463 g/mol. The van der Waals surface area contributed by atoms with Crippen LogP contribution in [-0.4, -0.2) is 55.8 Å². The summed E-state index contributed by atoms with van der Waals surface area (Å²) in [5, 5.41) is 0. The van der Waals surface area contributed by atoms with Gasteiger partial charge in [0.2, 0.25) is 0 Å². The molecule has 1 aliphatic heterocycles. The Balaban J connectivity index is 1.63. The summed E-state index contributed by atoms with van der Waals surface area (Å²) in [6, 6.07) is 16.6. The second-order valence-corrected chi connectivity index (χ2v) is 7.78. The largest absolute Gasteiger partial charge is 0.493 e. The van der Waals surface area contributed by atoms with Crippen molar-refractivity contribution in [1.82, 2.24) is 9.47 Å². The van der Waals surface area contributed by atoms with Crippen LogP contribution in [0.25, 0.3) is 11.8 Å². The summed E-state index contributed by atoms with van der Waals surface area (Å²) in [6.45, 7) is 1.77. The summed E-state index contributed by atoms with van der Waals surface area (Å²) in [4.78, 5) is 29.8. The molecule has 1 amide bonds. The minimum absolute atomic E-state index is 0.220. The van der Waals surface area contributed by atoms with Gasteiger partial charge in [0, 0.05) is 38.4 Å². The number of hydrogen-bond donors (Lipinski definition) is 0. The van der Waals surface area contributed by atoms with Crippen molar-refractivity contribution in [3.05, 3.63) is 88.6 Å². The third kappa shape index (κ3) is 4.80. The van der Waals surface area contributed by atoms with Crippen LogP contribution in [0.3, 0.4) is 0 Å². The van der Waals surface area contributed by atoms with E-state index in [-0.39, 0.29) is 23.0 Å². The first-order valence-electron chi connectivity index (χ1n) is 10.9. The molecule has 1 saturated heterocycles. The molecule has 1 aliphatic rings. The Morgan fingerprint density at radius 3 is 2.29 bits per heavy atom. The molecule has 2 heterocycles. The predicted octanol–water partition coefficient (Wildman–Crippen LogP) is 3.35. The van der Waals surface area contributed by atoms with E-state index in [9.17, 15) is 14.0 Å². The fraction of sp³-hybridized carbons (Fsp3) is 0.231. The Morgan fingerprint density at radius 2 is 1.62 bits per heavy atom. The summed E-state index contributed by atoms with van der Waals surface area (Å²) in [7, 11) is 3.08. The average Bonchev–Trinajstić information content (AvgIpc) is 2.87.